The second-order valence-electron chi connectivity index (χ2n) is 2.21. The van der Waals surface area contributed by atoms with Crippen molar-refractivity contribution < 1.29 is 18.6 Å². The molecule has 1 aliphatic rings. The number of halogens is 2. The fourth-order valence-corrected chi connectivity index (χ4v) is 0.742. The zero-order chi connectivity index (χ0) is 6.91. The summed E-state index contributed by atoms with van der Waals surface area (Å²) in [6, 6.07) is 0. The molecule has 0 saturated carbocycles. The Morgan fingerprint density at radius 2 is 2.22 bits per heavy atom. The van der Waals surface area contributed by atoms with Crippen LogP contribution in [0.1, 0.15) is 6.42 Å². The van der Waals surface area contributed by atoms with Gasteiger partial charge in [0.1, 0.15) is 0 Å². The average Bonchev–Trinajstić information content (AvgIpc) is 2.16. The van der Waals surface area contributed by atoms with Crippen molar-refractivity contribution in [1.82, 2.24) is 0 Å². The number of hydrogen-bond donors (Lipinski definition) is 1. The van der Waals surface area contributed by atoms with E-state index in [0.29, 0.717) is 0 Å². The smallest absolute Gasteiger partial charge is 0.269 e. The predicted molar refractivity (Wildman–Crippen MR) is 26.4 cm³/mol. The van der Waals surface area contributed by atoms with Gasteiger partial charge in [0.15, 0.2) is 5.60 Å². The van der Waals surface area contributed by atoms with E-state index in [1.54, 1.807) is 0 Å². The Kier molecular flexibility index (Phi) is 1.68. The monoisotopic (exact) mass is 138 g/mol. The highest BCUT2D eigenvalue weighted by atomic mass is 19.3. The van der Waals surface area contributed by atoms with E-state index in [1.807, 2.05) is 0 Å². The second kappa shape index (κ2) is 2.19. The predicted octanol–water partition coefficient (Wildman–Crippen LogP) is 0.403. The lowest BCUT2D eigenvalue weighted by Crippen LogP contribution is -2.37. The minimum absolute atomic E-state index is 0.0463. The first-order valence-corrected chi connectivity index (χ1v) is 2.73. The third-order valence-corrected chi connectivity index (χ3v) is 1.44. The Balaban J connectivity index is 2.51. The van der Waals surface area contributed by atoms with Crippen LogP contribution >= 0.6 is 0 Å². The van der Waals surface area contributed by atoms with E-state index < -0.39 is 12.0 Å². The van der Waals surface area contributed by atoms with Crippen molar-refractivity contribution in [1.29, 1.82) is 0 Å². The molecule has 2 nitrogen and oxygen atoms in total. The molecule has 0 spiro atoms. The molecule has 1 unspecified atom stereocenters. The van der Waals surface area contributed by atoms with E-state index in [-0.39, 0.29) is 19.6 Å². The molecule has 4 heteroatoms. The summed E-state index contributed by atoms with van der Waals surface area (Å²) in [6.45, 7) is 0.00546. The van der Waals surface area contributed by atoms with Gasteiger partial charge in [0.2, 0.25) is 0 Å². The van der Waals surface area contributed by atoms with Crippen LogP contribution in [0.4, 0.5) is 8.78 Å². The maximum absolute atomic E-state index is 11.8. The van der Waals surface area contributed by atoms with E-state index in [4.69, 9.17) is 5.11 Å². The fraction of sp³-hybridized carbons (Fsp3) is 1.00. The highest BCUT2D eigenvalue weighted by molar-refractivity contribution is 4.84. The van der Waals surface area contributed by atoms with Crippen LogP contribution in [-0.4, -0.2) is 30.3 Å². The first-order chi connectivity index (χ1) is 4.15. The molecule has 1 fully saturated rings. The Labute approximate surface area is 51.4 Å². The zero-order valence-corrected chi connectivity index (χ0v) is 4.81. The molecule has 1 saturated heterocycles. The molecule has 0 amide bonds. The third-order valence-electron chi connectivity index (χ3n) is 1.44. The first-order valence-electron chi connectivity index (χ1n) is 2.73. The van der Waals surface area contributed by atoms with Crippen molar-refractivity contribution in [3.05, 3.63) is 0 Å². The van der Waals surface area contributed by atoms with Gasteiger partial charge in [0, 0.05) is 13.0 Å². The fourth-order valence-electron chi connectivity index (χ4n) is 0.742. The number of alkyl halides is 2. The Morgan fingerprint density at radius 3 is 2.44 bits per heavy atom. The molecule has 0 aromatic rings. The minimum Gasteiger partial charge on any atom is -0.381 e. The van der Waals surface area contributed by atoms with Crippen molar-refractivity contribution in [2.45, 2.75) is 18.4 Å². The van der Waals surface area contributed by atoms with E-state index in [9.17, 15) is 8.78 Å². The third kappa shape index (κ3) is 1.19. The van der Waals surface area contributed by atoms with Crippen LogP contribution in [0.3, 0.4) is 0 Å². The molecule has 0 radical (unpaired) electrons. The van der Waals surface area contributed by atoms with Crippen LogP contribution in [-0.2, 0) is 4.74 Å². The molecule has 0 bridgehead atoms. The highest BCUT2D eigenvalue weighted by Crippen LogP contribution is 2.25. The van der Waals surface area contributed by atoms with Gasteiger partial charge >= 0.3 is 0 Å². The summed E-state index contributed by atoms with van der Waals surface area (Å²) >= 11 is 0. The molecule has 1 rings (SSSR count). The van der Waals surface area contributed by atoms with E-state index in [0.717, 1.165) is 0 Å². The normalized spacial score (nSPS) is 36.0. The van der Waals surface area contributed by atoms with Crippen LogP contribution in [0.2, 0.25) is 0 Å². The molecule has 1 atom stereocenters. The molecule has 1 heterocycles. The van der Waals surface area contributed by atoms with Crippen molar-refractivity contribution >= 4 is 0 Å². The standard InChI is InChI=1S/C5H8F2O2/c6-4(7)5(8)1-2-9-3-5/h4,8H,1-3H2. The van der Waals surface area contributed by atoms with Crippen molar-refractivity contribution in [3.63, 3.8) is 0 Å². The lowest BCUT2D eigenvalue weighted by atomic mass is 10.1. The van der Waals surface area contributed by atoms with Gasteiger partial charge in [0.25, 0.3) is 6.43 Å². The number of hydrogen-bond acceptors (Lipinski definition) is 2. The van der Waals surface area contributed by atoms with E-state index >= 15 is 0 Å². The maximum Gasteiger partial charge on any atom is 0.269 e. The van der Waals surface area contributed by atoms with Crippen LogP contribution in [0.25, 0.3) is 0 Å². The molecule has 54 valence electrons. The summed E-state index contributed by atoms with van der Waals surface area (Å²) in [5.41, 5.74) is -1.86. The highest BCUT2D eigenvalue weighted by Gasteiger charge is 2.41. The molecular formula is C5H8F2O2. The molecule has 1 N–H and O–H groups in total. The topological polar surface area (TPSA) is 29.5 Å². The Hall–Kier alpha value is -0.220. The quantitative estimate of drug-likeness (QED) is 0.568. The van der Waals surface area contributed by atoms with Gasteiger partial charge in [-0.05, 0) is 0 Å². The summed E-state index contributed by atoms with van der Waals surface area (Å²) in [6.07, 6.45) is -2.63. The lowest BCUT2D eigenvalue weighted by Gasteiger charge is -2.17. The SMILES string of the molecule is OC1(C(F)F)CCOC1. The van der Waals surface area contributed by atoms with Crippen molar-refractivity contribution in [2.24, 2.45) is 0 Å². The second-order valence-corrected chi connectivity index (χ2v) is 2.21. The zero-order valence-electron chi connectivity index (χ0n) is 4.81. The van der Waals surface area contributed by atoms with E-state index in [1.165, 1.54) is 0 Å². The summed E-state index contributed by atoms with van der Waals surface area (Å²) in [5.74, 6) is 0. The van der Waals surface area contributed by atoms with Gasteiger partial charge < -0.3 is 9.84 Å². The average molecular weight is 138 g/mol. The maximum atomic E-state index is 11.8. The Bertz CT molecular complexity index is 99.1. The van der Waals surface area contributed by atoms with Gasteiger partial charge in [-0.3, -0.25) is 0 Å². The minimum atomic E-state index is -2.68. The van der Waals surface area contributed by atoms with Gasteiger partial charge in [-0.1, -0.05) is 0 Å². The van der Waals surface area contributed by atoms with Crippen LogP contribution in [0.15, 0.2) is 0 Å². The van der Waals surface area contributed by atoms with E-state index in [2.05, 4.69) is 4.74 Å². The van der Waals surface area contributed by atoms with Gasteiger partial charge in [-0.2, -0.15) is 0 Å². The summed E-state index contributed by atoms with van der Waals surface area (Å²) < 4.78 is 28.2. The molecule has 9 heavy (non-hydrogen) atoms. The van der Waals surface area contributed by atoms with Gasteiger partial charge in [0.05, 0.1) is 6.61 Å². The first kappa shape index (κ1) is 6.89. The molecule has 0 aromatic heterocycles. The number of aliphatic hydroxyl groups is 1. The molecule has 1 aliphatic heterocycles. The number of ether oxygens (including phenoxy) is 1. The summed E-state index contributed by atoms with van der Waals surface area (Å²) in [4.78, 5) is 0. The summed E-state index contributed by atoms with van der Waals surface area (Å²) in [7, 11) is 0. The summed E-state index contributed by atoms with van der Waals surface area (Å²) in [5, 5.41) is 8.89. The Morgan fingerprint density at radius 1 is 1.56 bits per heavy atom. The molecule has 0 aliphatic carbocycles. The van der Waals surface area contributed by atoms with Crippen LogP contribution < -0.4 is 0 Å². The van der Waals surface area contributed by atoms with Crippen molar-refractivity contribution in [2.75, 3.05) is 13.2 Å². The van der Waals surface area contributed by atoms with Crippen LogP contribution in [0, 0.1) is 0 Å². The molecular weight excluding hydrogens is 130 g/mol. The van der Waals surface area contributed by atoms with Crippen molar-refractivity contribution in [3.8, 4) is 0 Å². The largest absolute Gasteiger partial charge is 0.381 e. The number of rotatable bonds is 1. The van der Waals surface area contributed by atoms with Crippen LogP contribution in [0.5, 0.6) is 0 Å². The van der Waals surface area contributed by atoms with Gasteiger partial charge in [-0.15, -0.1) is 0 Å². The lowest BCUT2D eigenvalue weighted by molar-refractivity contribution is -0.0958. The molecule has 0 aromatic carbocycles. The van der Waals surface area contributed by atoms with Gasteiger partial charge in [-0.25, -0.2) is 8.78 Å².